The maximum Gasteiger partial charge on any atom is 0.262 e. The highest BCUT2D eigenvalue weighted by atomic mass is 16.5. The number of nitrogens with zero attached hydrogens (tertiary/aromatic N) is 1. The molecule has 0 unspecified atom stereocenters. The van der Waals surface area contributed by atoms with Crippen LogP contribution >= 0.6 is 0 Å². The minimum atomic E-state index is -0.372. The Hall–Kier alpha value is -1.79. The fourth-order valence-corrected chi connectivity index (χ4v) is 1.80. The molecular weight excluding hydrogens is 236 g/mol. The van der Waals surface area contributed by atoms with Gasteiger partial charge in [-0.15, -0.1) is 0 Å². The first-order chi connectivity index (χ1) is 8.65. The third-order valence-electron chi connectivity index (χ3n) is 2.97. The molecule has 1 aliphatic heterocycles. The molecule has 1 aromatic rings. The monoisotopic (exact) mass is 252 g/mol. The molecule has 18 heavy (non-hydrogen) atoms. The number of rotatable bonds is 4. The Kier molecular flexibility index (Phi) is 3.69. The molecule has 0 saturated carbocycles. The van der Waals surface area contributed by atoms with Gasteiger partial charge in [0.1, 0.15) is 5.75 Å². The van der Waals surface area contributed by atoms with Gasteiger partial charge in [0.25, 0.3) is 5.91 Å². The van der Waals surface area contributed by atoms with E-state index in [1.54, 1.807) is 24.1 Å². The number of benzene rings is 1. The van der Waals surface area contributed by atoms with Crippen molar-refractivity contribution in [1.29, 1.82) is 0 Å². The predicted molar refractivity (Wildman–Crippen MR) is 66.9 cm³/mol. The zero-order valence-electron chi connectivity index (χ0n) is 10.1. The van der Waals surface area contributed by atoms with Crippen LogP contribution < -0.4 is 15.0 Å². The fraction of sp³-hybridized carbons (Fsp3) is 0.417. The van der Waals surface area contributed by atoms with Gasteiger partial charge in [-0.25, -0.2) is 0 Å². The van der Waals surface area contributed by atoms with E-state index in [0.29, 0.717) is 11.4 Å². The topological polar surface area (TPSA) is 82.0 Å². The average molecular weight is 252 g/mol. The molecular formula is C12H16N2O4. The molecule has 1 aromatic carbocycles. The SMILES string of the molecule is CN(c1ccc2c(c1)NC(=O)CO2)C(CO)CO. The second-order valence-corrected chi connectivity index (χ2v) is 4.15. The van der Waals surface area contributed by atoms with Crippen molar-refractivity contribution in [1.82, 2.24) is 0 Å². The van der Waals surface area contributed by atoms with Gasteiger partial charge in [-0.05, 0) is 18.2 Å². The van der Waals surface area contributed by atoms with Crippen molar-refractivity contribution in [2.24, 2.45) is 0 Å². The lowest BCUT2D eigenvalue weighted by Crippen LogP contribution is -2.37. The summed E-state index contributed by atoms with van der Waals surface area (Å²) >= 11 is 0. The Morgan fingerprint density at radius 2 is 2.17 bits per heavy atom. The molecule has 2 rings (SSSR count). The summed E-state index contributed by atoms with van der Waals surface area (Å²) in [6.45, 7) is -0.266. The van der Waals surface area contributed by atoms with Crippen LogP contribution in [0.4, 0.5) is 11.4 Å². The van der Waals surface area contributed by atoms with E-state index in [-0.39, 0.29) is 31.8 Å². The van der Waals surface area contributed by atoms with Crippen molar-refractivity contribution in [3.63, 3.8) is 0 Å². The van der Waals surface area contributed by atoms with Crippen LogP contribution in [-0.4, -0.2) is 49.0 Å². The summed E-state index contributed by atoms with van der Waals surface area (Å²) in [5.74, 6) is 0.430. The van der Waals surface area contributed by atoms with Gasteiger partial charge in [0.05, 0.1) is 24.9 Å². The highest BCUT2D eigenvalue weighted by Gasteiger charge is 2.19. The molecule has 1 amide bonds. The molecule has 0 fully saturated rings. The molecule has 0 spiro atoms. The maximum absolute atomic E-state index is 11.2. The normalized spacial score (nSPS) is 13.9. The fourth-order valence-electron chi connectivity index (χ4n) is 1.80. The number of carbonyl (C=O) groups excluding carboxylic acids is 1. The summed E-state index contributed by atoms with van der Waals surface area (Å²) in [6.07, 6.45) is 0. The van der Waals surface area contributed by atoms with E-state index < -0.39 is 0 Å². The second-order valence-electron chi connectivity index (χ2n) is 4.15. The van der Waals surface area contributed by atoms with Crippen molar-refractivity contribution in [3.8, 4) is 5.75 Å². The number of amides is 1. The van der Waals surface area contributed by atoms with E-state index in [1.165, 1.54) is 0 Å². The van der Waals surface area contributed by atoms with Gasteiger partial charge in [0.2, 0.25) is 0 Å². The van der Waals surface area contributed by atoms with Gasteiger partial charge in [-0.1, -0.05) is 0 Å². The molecule has 0 bridgehead atoms. The molecule has 0 radical (unpaired) electrons. The number of carbonyl (C=O) groups is 1. The lowest BCUT2D eigenvalue weighted by molar-refractivity contribution is -0.118. The first kappa shape index (κ1) is 12.7. The number of hydrogen-bond acceptors (Lipinski definition) is 5. The standard InChI is InChI=1S/C12H16N2O4/c1-14(9(5-15)6-16)8-2-3-11-10(4-8)13-12(17)7-18-11/h2-4,9,15-16H,5-7H2,1H3,(H,13,17). The van der Waals surface area contributed by atoms with Crippen molar-refractivity contribution in [2.75, 3.05) is 37.1 Å². The van der Waals surface area contributed by atoms with Crippen LogP contribution in [0.5, 0.6) is 5.75 Å². The maximum atomic E-state index is 11.2. The van der Waals surface area contributed by atoms with Crippen LogP contribution in [0.1, 0.15) is 0 Å². The molecule has 0 aromatic heterocycles. The number of likely N-dealkylation sites (N-methyl/N-ethyl adjacent to an activating group) is 1. The van der Waals surface area contributed by atoms with Gasteiger partial charge in [-0.2, -0.15) is 0 Å². The zero-order chi connectivity index (χ0) is 13.1. The molecule has 0 saturated heterocycles. The first-order valence-electron chi connectivity index (χ1n) is 5.67. The van der Waals surface area contributed by atoms with Crippen LogP contribution in [0.25, 0.3) is 0 Å². The van der Waals surface area contributed by atoms with Crippen molar-refractivity contribution < 1.29 is 19.7 Å². The lowest BCUT2D eigenvalue weighted by atomic mass is 10.2. The predicted octanol–water partition coefficient (Wildman–Crippen LogP) is -0.193. The number of nitrogens with one attached hydrogen (secondary N) is 1. The van der Waals surface area contributed by atoms with E-state index >= 15 is 0 Å². The highest BCUT2D eigenvalue weighted by molar-refractivity contribution is 5.96. The van der Waals surface area contributed by atoms with Gasteiger partial charge in [0, 0.05) is 12.7 Å². The van der Waals surface area contributed by atoms with Crippen molar-refractivity contribution in [2.45, 2.75) is 6.04 Å². The molecule has 98 valence electrons. The molecule has 1 heterocycles. The molecule has 1 aliphatic rings. The third kappa shape index (κ3) is 2.39. The molecule has 0 atom stereocenters. The summed E-state index contributed by atoms with van der Waals surface area (Å²) < 4.78 is 5.25. The number of aliphatic hydroxyl groups is 2. The van der Waals surface area contributed by atoms with E-state index in [2.05, 4.69) is 5.32 Å². The molecule has 6 heteroatoms. The Labute approximate surface area is 105 Å². The van der Waals surface area contributed by atoms with Crippen molar-refractivity contribution in [3.05, 3.63) is 18.2 Å². The Morgan fingerprint density at radius 3 is 2.83 bits per heavy atom. The highest BCUT2D eigenvalue weighted by Crippen LogP contribution is 2.32. The minimum Gasteiger partial charge on any atom is -0.482 e. The van der Waals surface area contributed by atoms with Crippen LogP contribution in [0.3, 0.4) is 0 Å². The van der Waals surface area contributed by atoms with Crippen LogP contribution in [0.2, 0.25) is 0 Å². The number of hydrogen-bond donors (Lipinski definition) is 3. The summed E-state index contributed by atoms with van der Waals surface area (Å²) in [6, 6.07) is 4.95. The molecule has 3 N–H and O–H groups in total. The van der Waals surface area contributed by atoms with Gasteiger partial charge in [0.15, 0.2) is 6.61 Å². The largest absolute Gasteiger partial charge is 0.482 e. The smallest absolute Gasteiger partial charge is 0.262 e. The van der Waals surface area contributed by atoms with Gasteiger partial charge < -0.3 is 25.2 Å². The van der Waals surface area contributed by atoms with Crippen molar-refractivity contribution >= 4 is 17.3 Å². The van der Waals surface area contributed by atoms with Crippen LogP contribution in [-0.2, 0) is 4.79 Å². The summed E-state index contributed by atoms with van der Waals surface area (Å²) in [5, 5.41) is 21.0. The summed E-state index contributed by atoms with van der Waals surface area (Å²) in [4.78, 5) is 13.0. The average Bonchev–Trinajstić information content (AvgIpc) is 2.39. The summed E-state index contributed by atoms with van der Waals surface area (Å²) in [7, 11) is 1.77. The molecule has 6 nitrogen and oxygen atoms in total. The van der Waals surface area contributed by atoms with Gasteiger partial charge in [-0.3, -0.25) is 4.79 Å². The number of anilines is 2. The quantitative estimate of drug-likeness (QED) is 0.691. The lowest BCUT2D eigenvalue weighted by Gasteiger charge is -2.28. The molecule has 0 aliphatic carbocycles. The number of ether oxygens (including phenoxy) is 1. The zero-order valence-corrected chi connectivity index (χ0v) is 10.1. The second kappa shape index (κ2) is 5.24. The van der Waals surface area contributed by atoms with E-state index in [4.69, 9.17) is 14.9 Å². The number of aliphatic hydroxyl groups excluding tert-OH is 2. The Bertz CT molecular complexity index is 446. The van der Waals surface area contributed by atoms with E-state index in [9.17, 15) is 4.79 Å². The first-order valence-corrected chi connectivity index (χ1v) is 5.67. The van der Waals surface area contributed by atoms with Crippen LogP contribution in [0.15, 0.2) is 18.2 Å². The minimum absolute atomic E-state index is 0.0259. The number of fused-ring (bicyclic) bond motifs is 1. The Morgan fingerprint density at radius 1 is 1.44 bits per heavy atom. The van der Waals surface area contributed by atoms with E-state index in [1.807, 2.05) is 6.07 Å². The Balaban J connectivity index is 2.25. The summed E-state index contributed by atoms with van der Waals surface area (Å²) in [5.41, 5.74) is 1.39. The third-order valence-corrected chi connectivity index (χ3v) is 2.97. The van der Waals surface area contributed by atoms with E-state index in [0.717, 1.165) is 5.69 Å². The van der Waals surface area contributed by atoms with Gasteiger partial charge >= 0.3 is 0 Å². The van der Waals surface area contributed by atoms with Crippen LogP contribution in [0, 0.1) is 0 Å².